The third-order valence-electron chi connectivity index (χ3n) is 4.38. The van der Waals surface area contributed by atoms with Crippen molar-refractivity contribution < 1.29 is 22.7 Å². The van der Waals surface area contributed by atoms with Crippen molar-refractivity contribution in [3.05, 3.63) is 58.4 Å². The summed E-state index contributed by atoms with van der Waals surface area (Å²) >= 11 is 1.25. The van der Waals surface area contributed by atoms with E-state index in [1.165, 1.54) is 37.5 Å². The zero-order valence-corrected chi connectivity index (χ0v) is 17.8. The summed E-state index contributed by atoms with van der Waals surface area (Å²) < 4.78 is 31.9. The molecular weight excluding hydrogens is 412 g/mol. The first-order valence-electron chi connectivity index (χ1n) is 8.84. The number of esters is 1. The van der Waals surface area contributed by atoms with Crippen LogP contribution in [0, 0.1) is 6.92 Å². The number of carbonyl (C=O) groups excluding carboxylic acids is 2. The molecule has 0 fully saturated rings. The average Bonchev–Trinajstić information content (AvgIpc) is 3.03. The maximum absolute atomic E-state index is 12.9. The molecule has 1 heterocycles. The molecule has 2 aromatic carbocycles. The highest BCUT2D eigenvalue weighted by molar-refractivity contribution is 7.91. The number of rotatable bonds is 5. The number of benzene rings is 2. The van der Waals surface area contributed by atoms with Gasteiger partial charge in [0, 0.05) is 0 Å². The van der Waals surface area contributed by atoms with Gasteiger partial charge in [-0.15, -0.1) is 0 Å². The number of nitrogens with zero attached hydrogens (tertiary/aromatic N) is 2. The summed E-state index contributed by atoms with van der Waals surface area (Å²) in [6.07, 6.45) is 0. The van der Waals surface area contributed by atoms with Crippen LogP contribution in [0.15, 0.2) is 52.4 Å². The van der Waals surface area contributed by atoms with Gasteiger partial charge in [0.05, 0.1) is 33.5 Å². The highest BCUT2D eigenvalue weighted by atomic mass is 32.2. The molecule has 3 aromatic rings. The second-order valence-corrected chi connectivity index (χ2v) is 9.59. The molecule has 9 heteroatoms. The smallest absolute Gasteiger partial charge is 0.325 e. The first-order chi connectivity index (χ1) is 13.8. The van der Waals surface area contributed by atoms with E-state index in [0.717, 1.165) is 15.8 Å². The Kier molecular flexibility index (Phi) is 5.99. The van der Waals surface area contributed by atoms with Gasteiger partial charge in [0.1, 0.15) is 6.54 Å². The van der Waals surface area contributed by atoms with Crippen molar-refractivity contribution >= 4 is 43.3 Å². The normalized spacial score (nSPS) is 12.3. The molecule has 0 unspecified atom stereocenters. The van der Waals surface area contributed by atoms with Crippen molar-refractivity contribution in [3.8, 4) is 0 Å². The van der Waals surface area contributed by atoms with Gasteiger partial charge in [-0.3, -0.25) is 9.59 Å². The van der Waals surface area contributed by atoms with E-state index >= 15 is 0 Å². The Bertz CT molecular complexity index is 1270. The molecule has 0 saturated carbocycles. The Morgan fingerprint density at radius 3 is 2.59 bits per heavy atom. The Labute approximate surface area is 172 Å². The zero-order valence-electron chi connectivity index (χ0n) is 16.2. The number of sulfone groups is 1. The Hall–Kier alpha value is -2.78. The van der Waals surface area contributed by atoms with Crippen LogP contribution in [0.25, 0.3) is 10.2 Å². The minimum absolute atomic E-state index is 0.00704. The van der Waals surface area contributed by atoms with E-state index in [1.54, 1.807) is 16.7 Å². The molecule has 29 heavy (non-hydrogen) atoms. The van der Waals surface area contributed by atoms with Gasteiger partial charge in [0.15, 0.2) is 14.6 Å². The number of ether oxygens (including phenoxy) is 1. The predicted molar refractivity (Wildman–Crippen MR) is 111 cm³/mol. The number of amides is 1. The molecule has 0 aliphatic rings. The number of carbonyl (C=O) groups is 2. The number of fused-ring (bicyclic) bond motifs is 1. The lowest BCUT2D eigenvalue weighted by Crippen LogP contribution is -2.22. The van der Waals surface area contributed by atoms with E-state index in [1.807, 2.05) is 25.1 Å². The molecule has 0 aliphatic carbocycles. The van der Waals surface area contributed by atoms with E-state index in [2.05, 4.69) is 4.99 Å². The summed E-state index contributed by atoms with van der Waals surface area (Å²) in [5, 5.41) is 0. The average molecular weight is 433 g/mol. The number of methoxy groups -OCH3 is 1. The van der Waals surface area contributed by atoms with Crippen molar-refractivity contribution in [3.63, 3.8) is 0 Å². The molecule has 0 spiro atoms. The standard InChI is InChI=1S/C20H20N2O5S2/c1-4-29(25,26)17-8-6-5-7-14(17)19(24)21-20-22(12-18(23)27-3)15-10-9-13(2)11-16(15)28-20/h5-11H,4,12H2,1-3H3. The molecule has 7 nitrogen and oxygen atoms in total. The van der Waals surface area contributed by atoms with E-state index in [0.29, 0.717) is 4.80 Å². The zero-order chi connectivity index (χ0) is 21.2. The monoisotopic (exact) mass is 432 g/mol. The maximum atomic E-state index is 12.9. The summed E-state index contributed by atoms with van der Waals surface area (Å²) in [5.74, 6) is -1.28. The molecule has 152 valence electrons. The third kappa shape index (κ3) is 4.30. The van der Waals surface area contributed by atoms with E-state index in [9.17, 15) is 18.0 Å². The topological polar surface area (TPSA) is 94.8 Å². The van der Waals surface area contributed by atoms with Crippen LogP contribution in [-0.4, -0.2) is 37.7 Å². The molecule has 0 aliphatic heterocycles. The molecular formula is C20H20N2O5S2. The third-order valence-corrected chi connectivity index (χ3v) is 7.21. The fourth-order valence-electron chi connectivity index (χ4n) is 2.83. The Morgan fingerprint density at radius 2 is 1.90 bits per heavy atom. The molecule has 0 radical (unpaired) electrons. The molecule has 0 bridgehead atoms. The van der Waals surface area contributed by atoms with Gasteiger partial charge in [0.2, 0.25) is 0 Å². The van der Waals surface area contributed by atoms with Gasteiger partial charge in [-0.25, -0.2) is 8.42 Å². The van der Waals surface area contributed by atoms with Gasteiger partial charge in [-0.2, -0.15) is 4.99 Å². The van der Waals surface area contributed by atoms with Crippen LogP contribution in [0.3, 0.4) is 0 Å². The molecule has 0 saturated heterocycles. The lowest BCUT2D eigenvalue weighted by atomic mass is 10.2. The highest BCUT2D eigenvalue weighted by Gasteiger charge is 2.21. The van der Waals surface area contributed by atoms with Crippen molar-refractivity contribution in [2.75, 3.05) is 12.9 Å². The van der Waals surface area contributed by atoms with Crippen LogP contribution >= 0.6 is 11.3 Å². The highest BCUT2D eigenvalue weighted by Crippen LogP contribution is 2.21. The summed E-state index contributed by atoms with van der Waals surface area (Å²) in [6.45, 7) is 3.35. The van der Waals surface area contributed by atoms with Crippen LogP contribution in [0.1, 0.15) is 22.8 Å². The van der Waals surface area contributed by atoms with E-state index in [4.69, 9.17) is 4.74 Å². The van der Waals surface area contributed by atoms with Crippen molar-refractivity contribution in [1.82, 2.24) is 4.57 Å². The number of thiazole rings is 1. The number of aryl methyl sites for hydroxylation is 1. The Balaban J connectivity index is 2.20. The fourth-order valence-corrected chi connectivity index (χ4v) is 5.04. The lowest BCUT2D eigenvalue weighted by molar-refractivity contribution is -0.141. The van der Waals surface area contributed by atoms with Crippen LogP contribution in [0.4, 0.5) is 0 Å². The van der Waals surface area contributed by atoms with E-state index < -0.39 is 21.7 Å². The summed E-state index contributed by atoms with van der Waals surface area (Å²) in [5.41, 5.74) is 1.78. The number of hydrogen-bond acceptors (Lipinski definition) is 6. The number of hydrogen-bond donors (Lipinski definition) is 0. The summed E-state index contributed by atoms with van der Waals surface area (Å²) in [6, 6.07) is 11.7. The van der Waals surface area contributed by atoms with Crippen LogP contribution < -0.4 is 4.80 Å². The fraction of sp³-hybridized carbons (Fsp3) is 0.250. The summed E-state index contributed by atoms with van der Waals surface area (Å²) in [4.78, 5) is 29.2. The second-order valence-electron chi connectivity index (χ2n) is 6.33. The first-order valence-corrected chi connectivity index (χ1v) is 11.3. The van der Waals surface area contributed by atoms with Crippen molar-refractivity contribution in [2.45, 2.75) is 25.3 Å². The molecule has 0 atom stereocenters. The van der Waals surface area contributed by atoms with Crippen LogP contribution in [-0.2, 0) is 25.9 Å². The minimum Gasteiger partial charge on any atom is -0.468 e. The molecule has 3 rings (SSSR count). The van der Waals surface area contributed by atoms with Crippen LogP contribution in [0.2, 0.25) is 0 Å². The summed E-state index contributed by atoms with van der Waals surface area (Å²) in [7, 11) is -2.30. The SMILES string of the molecule is CCS(=O)(=O)c1ccccc1C(=O)N=c1sc2cc(C)ccc2n1CC(=O)OC. The maximum Gasteiger partial charge on any atom is 0.325 e. The second kappa shape index (κ2) is 8.30. The largest absolute Gasteiger partial charge is 0.468 e. The van der Waals surface area contributed by atoms with Crippen molar-refractivity contribution in [2.24, 2.45) is 4.99 Å². The molecule has 0 N–H and O–H groups in total. The van der Waals surface area contributed by atoms with Crippen LogP contribution in [0.5, 0.6) is 0 Å². The van der Waals surface area contributed by atoms with Crippen molar-refractivity contribution in [1.29, 1.82) is 0 Å². The van der Waals surface area contributed by atoms with Gasteiger partial charge in [-0.05, 0) is 36.8 Å². The number of aromatic nitrogens is 1. The van der Waals surface area contributed by atoms with Gasteiger partial charge in [0.25, 0.3) is 5.91 Å². The van der Waals surface area contributed by atoms with E-state index in [-0.39, 0.29) is 22.8 Å². The lowest BCUT2D eigenvalue weighted by Gasteiger charge is -2.06. The predicted octanol–water partition coefficient (Wildman–Crippen LogP) is 2.72. The minimum atomic E-state index is -3.59. The molecule has 1 amide bonds. The Morgan fingerprint density at radius 1 is 1.17 bits per heavy atom. The van der Waals surface area contributed by atoms with Gasteiger partial charge in [-0.1, -0.05) is 36.5 Å². The first kappa shape index (κ1) is 20.9. The quantitative estimate of drug-likeness (QED) is 0.578. The van der Waals surface area contributed by atoms with Gasteiger partial charge < -0.3 is 9.30 Å². The molecule has 1 aromatic heterocycles. The van der Waals surface area contributed by atoms with Gasteiger partial charge >= 0.3 is 5.97 Å².